The van der Waals surface area contributed by atoms with Crippen molar-refractivity contribution in [2.45, 2.75) is 24.5 Å². The van der Waals surface area contributed by atoms with Gasteiger partial charge in [0.15, 0.2) is 5.82 Å². The summed E-state index contributed by atoms with van der Waals surface area (Å²) in [5.41, 5.74) is 5.39. The number of sulfonamides is 1. The number of rotatable bonds is 4. The number of halogens is 3. The molecule has 0 fully saturated rings. The lowest BCUT2D eigenvalue weighted by molar-refractivity contribution is -0.134. The molecule has 0 aliphatic carbocycles. The highest BCUT2D eigenvalue weighted by atomic mass is 32.2. The fraction of sp³-hybridized carbons (Fsp3) is 0.625. The van der Waals surface area contributed by atoms with E-state index in [1.54, 1.807) is 6.92 Å². The Morgan fingerprint density at radius 3 is 2.44 bits per heavy atom. The zero-order valence-electron chi connectivity index (χ0n) is 9.77. The van der Waals surface area contributed by atoms with E-state index in [1.165, 1.54) is 4.68 Å². The van der Waals surface area contributed by atoms with Gasteiger partial charge in [-0.05, 0) is 6.92 Å². The largest absolute Gasteiger partial charge is 0.402 e. The highest BCUT2D eigenvalue weighted by Crippen LogP contribution is 2.24. The molecule has 104 valence electrons. The Morgan fingerprint density at radius 1 is 1.50 bits per heavy atom. The number of hydrogen-bond donors (Lipinski definition) is 1. The average molecular weight is 286 g/mol. The van der Waals surface area contributed by atoms with Gasteiger partial charge in [-0.25, -0.2) is 8.42 Å². The summed E-state index contributed by atoms with van der Waals surface area (Å²) < 4.78 is 61.6. The summed E-state index contributed by atoms with van der Waals surface area (Å²) in [6, 6.07) is 0. The Morgan fingerprint density at radius 2 is 2.06 bits per heavy atom. The van der Waals surface area contributed by atoms with Gasteiger partial charge < -0.3 is 5.73 Å². The van der Waals surface area contributed by atoms with Gasteiger partial charge in [-0.15, -0.1) is 0 Å². The number of aromatic nitrogens is 2. The van der Waals surface area contributed by atoms with Gasteiger partial charge in [0.2, 0.25) is 10.0 Å². The van der Waals surface area contributed by atoms with Crippen LogP contribution in [0.25, 0.3) is 0 Å². The van der Waals surface area contributed by atoms with Crippen molar-refractivity contribution in [3.8, 4) is 0 Å². The smallest absolute Gasteiger partial charge is 0.381 e. The van der Waals surface area contributed by atoms with Crippen molar-refractivity contribution < 1.29 is 21.6 Å². The van der Waals surface area contributed by atoms with Crippen LogP contribution in [0.2, 0.25) is 0 Å². The van der Waals surface area contributed by atoms with Crippen LogP contribution < -0.4 is 5.73 Å². The molecule has 0 bridgehead atoms. The van der Waals surface area contributed by atoms with Crippen molar-refractivity contribution in [1.82, 2.24) is 14.1 Å². The average Bonchev–Trinajstić information content (AvgIpc) is 2.57. The molecular weight excluding hydrogens is 273 g/mol. The quantitative estimate of drug-likeness (QED) is 0.882. The summed E-state index contributed by atoms with van der Waals surface area (Å²) >= 11 is 0. The van der Waals surface area contributed by atoms with E-state index < -0.39 is 27.6 Å². The van der Waals surface area contributed by atoms with Crippen LogP contribution in [0.15, 0.2) is 11.1 Å². The zero-order chi connectivity index (χ0) is 14.1. The second-order valence-corrected chi connectivity index (χ2v) is 5.62. The molecule has 0 saturated heterocycles. The molecule has 6 nitrogen and oxygen atoms in total. The van der Waals surface area contributed by atoms with E-state index in [2.05, 4.69) is 5.10 Å². The molecule has 0 spiro atoms. The Labute approximate surface area is 102 Å². The maximum atomic E-state index is 12.2. The van der Waals surface area contributed by atoms with Crippen LogP contribution in [0.1, 0.15) is 6.92 Å². The first-order valence-electron chi connectivity index (χ1n) is 4.94. The van der Waals surface area contributed by atoms with Crippen LogP contribution in [0.4, 0.5) is 19.0 Å². The third-order valence-corrected chi connectivity index (χ3v) is 3.99. The van der Waals surface area contributed by atoms with Crippen molar-refractivity contribution >= 4 is 15.8 Å². The fourth-order valence-electron chi connectivity index (χ4n) is 1.28. The molecule has 2 N–H and O–H groups in total. The number of aryl methyl sites for hydroxylation is 1. The SMILES string of the molecule is CCn1cc(S(=O)(=O)N(C)CC(F)(F)F)c(N)n1. The van der Waals surface area contributed by atoms with Crippen LogP contribution in [0.5, 0.6) is 0 Å². The fourth-order valence-corrected chi connectivity index (χ4v) is 2.50. The third-order valence-electron chi connectivity index (χ3n) is 2.17. The van der Waals surface area contributed by atoms with Gasteiger partial charge in [0.25, 0.3) is 0 Å². The second-order valence-electron chi connectivity index (χ2n) is 3.61. The van der Waals surface area contributed by atoms with E-state index in [4.69, 9.17) is 5.73 Å². The summed E-state index contributed by atoms with van der Waals surface area (Å²) in [6.45, 7) is 0.483. The van der Waals surface area contributed by atoms with Gasteiger partial charge in [0.05, 0.1) is 0 Å². The highest BCUT2D eigenvalue weighted by molar-refractivity contribution is 7.89. The Bertz CT molecular complexity index is 523. The van der Waals surface area contributed by atoms with Crippen LogP contribution >= 0.6 is 0 Å². The molecule has 0 aliphatic heterocycles. The number of nitrogens with zero attached hydrogens (tertiary/aromatic N) is 3. The molecule has 1 rings (SSSR count). The molecule has 0 radical (unpaired) electrons. The predicted molar refractivity (Wildman–Crippen MR) is 58.2 cm³/mol. The van der Waals surface area contributed by atoms with Gasteiger partial charge in [-0.1, -0.05) is 0 Å². The summed E-state index contributed by atoms with van der Waals surface area (Å²) in [7, 11) is -3.45. The van der Waals surface area contributed by atoms with Crippen molar-refractivity contribution in [2.75, 3.05) is 19.3 Å². The highest BCUT2D eigenvalue weighted by Gasteiger charge is 2.36. The molecule has 0 amide bonds. The Kier molecular flexibility index (Phi) is 3.91. The molecule has 0 saturated carbocycles. The first kappa shape index (κ1) is 14.8. The second kappa shape index (κ2) is 4.76. The first-order valence-corrected chi connectivity index (χ1v) is 6.38. The molecule has 0 aliphatic rings. The Hall–Kier alpha value is -1.29. The minimum Gasteiger partial charge on any atom is -0.381 e. The van der Waals surface area contributed by atoms with Gasteiger partial charge >= 0.3 is 6.18 Å². The van der Waals surface area contributed by atoms with E-state index in [9.17, 15) is 21.6 Å². The van der Waals surface area contributed by atoms with E-state index in [-0.39, 0.29) is 10.1 Å². The standard InChI is InChI=1S/C8H13F3N4O2S/c1-3-15-4-6(7(12)13-15)18(16,17)14(2)5-8(9,10)11/h4H,3,5H2,1-2H3,(H2,12,13). The van der Waals surface area contributed by atoms with Crippen molar-refractivity contribution in [1.29, 1.82) is 0 Å². The number of nitrogen functional groups attached to an aromatic ring is 1. The van der Waals surface area contributed by atoms with Crippen LogP contribution in [-0.4, -0.2) is 42.3 Å². The van der Waals surface area contributed by atoms with Crippen LogP contribution in [0.3, 0.4) is 0 Å². The van der Waals surface area contributed by atoms with Crippen molar-refractivity contribution in [2.24, 2.45) is 0 Å². The molecule has 18 heavy (non-hydrogen) atoms. The zero-order valence-corrected chi connectivity index (χ0v) is 10.6. The molecule has 10 heteroatoms. The van der Waals surface area contributed by atoms with E-state index in [0.717, 1.165) is 13.2 Å². The topological polar surface area (TPSA) is 81.2 Å². The normalized spacial score (nSPS) is 13.2. The lowest BCUT2D eigenvalue weighted by Crippen LogP contribution is -2.36. The van der Waals surface area contributed by atoms with Gasteiger partial charge in [-0.3, -0.25) is 4.68 Å². The molecule has 1 aromatic rings. The van der Waals surface area contributed by atoms with Crippen LogP contribution in [0, 0.1) is 0 Å². The third kappa shape index (κ3) is 3.13. The number of alkyl halides is 3. The van der Waals surface area contributed by atoms with Crippen molar-refractivity contribution in [3.63, 3.8) is 0 Å². The summed E-state index contributed by atoms with van der Waals surface area (Å²) in [5, 5.41) is 3.68. The van der Waals surface area contributed by atoms with Gasteiger partial charge in [-0.2, -0.15) is 22.6 Å². The van der Waals surface area contributed by atoms with E-state index >= 15 is 0 Å². The summed E-state index contributed by atoms with van der Waals surface area (Å²) in [6.07, 6.45) is -3.51. The molecule has 1 aromatic heterocycles. The maximum absolute atomic E-state index is 12.2. The number of hydrogen-bond acceptors (Lipinski definition) is 4. The van der Waals surface area contributed by atoms with Crippen LogP contribution in [-0.2, 0) is 16.6 Å². The number of anilines is 1. The minimum absolute atomic E-state index is 0.195. The molecule has 0 atom stereocenters. The lowest BCUT2D eigenvalue weighted by atomic mass is 10.6. The molecule has 1 heterocycles. The van der Waals surface area contributed by atoms with Crippen molar-refractivity contribution in [3.05, 3.63) is 6.20 Å². The Balaban J connectivity index is 3.09. The summed E-state index contributed by atoms with van der Waals surface area (Å²) in [4.78, 5) is -0.420. The lowest BCUT2D eigenvalue weighted by Gasteiger charge is -2.17. The summed E-state index contributed by atoms with van der Waals surface area (Å²) in [5.74, 6) is -0.314. The maximum Gasteiger partial charge on any atom is 0.402 e. The number of nitrogens with two attached hydrogens (primary N) is 1. The molecule has 0 unspecified atom stereocenters. The molecular formula is C8H13F3N4O2S. The van der Waals surface area contributed by atoms with Gasteiger partial charge in [0, 0.05) is 19.8 Å². The van der Waals surface area contributed by atoms with Gasteiger partial charge in [0.1, 0.15) is 11.4 Å². The van der Waals surface area contributed by atoms with E-state index in [0.29, 0.717) is 6.54 Å². The predicted octanol–water partition coefficient (Wildman–Crippen LogP) is 0.668. The minimum atomic E-state index is -4.61. The first-order chi connectivity index (χ1) is 8.08. The van der Waals surface area contributed by atoms with E-state index in [1.807, 2.05) is 0 Å². The molecule has 0 aromatic carbocycles. The monoisotopic (exact) mass is 286 g/mol.